The minimum atomic E-state index is -0.216. The van der Waals surface area contributed by atoms with Crippen LogP contribution >= 0.6 is 0 Å². The van der Waals surface area contributed by atoms with E-state index in [0.717, 1.165) is 35.7 Å². The van der Waals surface area contributed by atoms with Crippen LogP contribution in [-0.2, 0) is 14.3 Å². The number of nitrogens with one attached hydrogen (secondary N) is 2. The molecule has 7 heteroatoms. The van der Waals surface area contributed by atoms with Crippen molar-refractivity contribution in [2.24, 2.45) is 11.8 Å². The van der Waals surface area contributed by atoms with Gasteiger partial charge >= 0.3 is 5.97 Å². The molecule has 0 radical (unpaired) electrons. The Morgan fingerprint density at radius 3 is 2.47 bits per heavy atom. The fraction of sp³-hybridized carbons (Fsp3) is 0.565. The standard InChI is InChI=1S/C23H34N4O3/c1-7-8-11-17(13-30-22(29)15(4)5)24-20-18-12-9-10-16(6)19(18)25-23(26-20)27-21(28)14(2)3/h9-10,12,14-15,17H,7-8,11,13H2,1-6H3,(H2,24,25,26,27,28)/t17-/m1/s1. The Morgan fingerprint density at radius 1 is 1.10 bits per heavy atom. The Labute approximate surface area is 179 Å². The predicted octanol–water partition coefficient (Wildman–Crippen LogP) is 4.70. The summed E-state index contributed by atoms with van der Waals surface area (Å²) in [6.45, 7) is 11.7. The molecule has 0 aliphatic carbocycles. The summed E-state index contributed by atoms with van der Waals surface area (Å²) in [5, 5.41) is 7.11. The highest BCUT2D eigenvalue weighted by Crippen LogP contribution is 2.26. The van der Waals surface area contributed by atoms with Gasteiger partial charge in [-0.05, 0) is 25.0 Å². The minimum absolute atomic E-state index is 0.0834. The summed E-state index contributed by atoms with van der Waals surface area (Å²) in [6, 6.07) is 5.81. The maximum absolute atomic E-state index is 12.2. The molecular formula is C23H34N4O3. The van der Waals surface area contributed by atoms with E-state index in [1.165, 1.54) is 0 Å². The zero-order valence-electron chi connectivity index (χ0n) is 18.9. The molecule has 0 spiro atoms. The Kier molecular flexibility index (Phi) is 8.57. The van der Waals surface area contributed by atoms with Gasteiger partial charge in [0.2, 0.25) is 11.9 Å². The van der Waals surface area contributed by atoms with Gasteiger partial charge in [0.05, 0.1) is 17.5 Å². The number of rotatable bonds is 10. The van der Waals surface area contributed by atoms with E-state index >= 15 is 0 Å². The van der Waals surface area contributed by atoms with Crippen molar-refractivity contribution in [3.05, 3.63) is 23.8 Å². The number of carbonyl (C=O) groups is 2. The van der Waals surface area contributed by atoms with Crippen molar-refractivity contribution in [2.45, 2.75) is 66.8 Å². The quantitative estimate of drug-likeness (QED) is 0.547. The zero-order valence-corrected chi connectivity index (χ0v) is 18.9. The summed E-state index contributed by atoms with van der Waals surface area (Å²) in [5.74, 6) is 0.201. The number of nitrogens with zero attached hydrogens (tertiary/aromatic N) is 2. The first-order valence-electron chi connectivity index (χ1n) is 10.7. The molecule has 1 atom stereocenters. The first-order chi connectivity index (χ1) is 14.2. The lowest BCUT2D eigenvalue weighted by atomic mass is 10.1. The Morgan fingerprint density at radius 2 is 1.83 bits per heavy atom. The second-order valence-electron chi connectivity index (χ2n) is 8.28. The van der Waals surface area contributed by atoms with E-state index in [2.05, 4.69) is 27.5 Å². The number of para-hydroxylation sites is 1. The second kappa shape index (κ2) is 10.9. The molecule has 1 aromatic carbocycles. The van der Waals surface area contributed by atoms with Gasteiger partial charge in [-0.1, -0.05) is 59.6 Å². The summed E-state index contributed by atoms with van der Waals surface area (Å²) in [4.78, 5) is 33.3. The van der Waals surface area contributed by atoms with Crippen molar-refractivity contribution in [1.82, 2.24) is 9.97 Å². The van der Waals surface area contributed by atoms with Crippen LogP contribution < -0.4 is 10.6 Å². The minimum Gasteiger partial charge on any atom is -0.463 e. The molecule has 2 rings (SSSR count). The van der Waals surface area contributed by atoms with E-state index in [1.807, 2.05) is 52.8 Å². The summed E-state index contributed by atoms with van der Waals surface area (Å²) >= 11 is 0. The van der Waals surface area contributed by atoms with Crippen LogP contribution in [-0.4, -0.2) is 34.5 Å². The van der Waals surface area contributed by atoms with Gasteiger partial charge in [-0.25, -0.2) is 4.98 Å². The lowest BCUT2D eigenvalue weighted by molar-refractivity contribution is -0.147. The van der Waals surface area contributed by atoms with Crippen molar-refractivity contribution in [2.75, 3.05) is 17.2 Å². The van der Waals surface area contributed by atoms with Crippen LogP contribution in [0.3, 0.4) is 0 Å². The molecule has 0 unspecified atom stereocenters. The van der Waals surface area contributed by atoms with Crippen molar-refractivity contribution in [1.29, 1.82) is 0 Å². The highest BCUT2D eigenvalue weighted by molar-refractivity contribution is 5.95. The maximum Gasteiger partial charge on any atom is 0.308 e. The fourth-order valence-corrected chi connectivity index (χ4v) is 2.91. The number of hydrogen-bond acceptors (Lipinski definition) is 6. The number of ether oxygens (including phenoxy) is 1. The van der Waals surface area contributed by atoms with Crippen LogP contribution in [0.25, 0.3) is 10.9 Å². The molecule has 2 N–H and O–H groups in total. The third kappa shape index (κ3) is 6.40. The van der Waals surface area contributed by atoms with Crippen LogP contribution in [0.1, 0.15) is 59.4 Å². The average molecular weight is 415 g/mol. The predicted molar refractivity (Wildman–Crippen MR) is 120 cm³/mol. The average Bonchev–Trinajstić information content (AvgIpc) is 2.70. The van der Waals surface area contributed by atoms with Crippen LogP contribution in [0.2, 0.25) is 0 Å². The summed E-state index contributed by atoms with van der Waals surface area (Å²) in [5.41, 5.74) is 1.77. The molecular weight excluding hydrogens is 380 g/mol. The molecule has 2 aromatic rings. The highest BCUT2D eigenvalue weighted by atomic mass is 16.5. The molecule has 1 heterocycles. The van der Waals surface area contributed by atoms with Crippen molar-refractivity contribution in [3.63, 3.8) is 0 Å². The van der Waals surface area contributed by atoms with Gasteiger partial charge in [0.15, 0.2) is 0 Å². The lowest BCUT2D eigenvalue weighted by Gasteiger charge is -2.21. The van der Waals surface area contributed by atoms with Gasteiger partial charge in [-0.15, -0.1) is 0 Å². The van der Waals surface area contributed by atoms with E-state index in [4.69, 9.17) is 4.74 Å². The van der Waals surface area contributed by atoms with Crippen LogP contribution in [0.15, 0.2) is 18.2 Å². The molecule has 0 fully saturated rings. The summed E-state index contributed by atoms with van der Waals surface area (Å²) < 4.78 is 5.48. The molecule has 1 aromatic heterocycles. The summed E-state index contributed by atoms with van der Waals surface area (Å²) in [7, 11) is 0. The number of aromatic nitrogens is 2. The van der Waals surface area contributed by atoms with Gasteiger partial charge < -0.3 is 10.1 Å². The van der Waals surface area contributed by atoms with Crippen molar-refractivity contribution < 1.29 is 14.3 Å². The van der Waals surface area contributed by atoms with E-state index < -0.39 is 0 Å². The molecule has 0 saturated heterocycles. The number of carbonyl (C=O) groups excluding carboxylic acids is 2. The number of aryl methyl sites for hydroxylation is 1. The molecule has 1 amide bonds. The fourth-order valence-electron chi connectivity index (χ4n) is 2.91. The van der Waals surface area contributed by atoms with Gasteiger partial charge in [0.1, 0.15) is 12.4 Å². The number of amides is 1. The van der Waals surface area contributed by atoms with Gasteiger partial charge in [0.25, 0.3) is 0 Å². The van der Waals surface area contributed by atoms with Crippen LogP contribution in [0.5, 0.6) is 0 Å². The van der Waals surface area contributed by atoms with Crippen molar-refractivity contribution in [3.8, 4) is 0 Å². The molecule has 164 valence electrons. The largest absolute Gasteiger partial charge is 0.463 e. The molecule has 7 nitrogen and oxygen atoms in total. The topological polar surface area (TPSA) is 93.2 Å². The van der Waals surface area contributed by atoms with Gasteiger partial charge in [-0.2, -0.15) is 4.98 Å². The van der Waals surface area contributed by atoms with E-state index in [1.54, 1.807) is 0 Å². The first kappa shape index (κ1) is 23.6. The SMILES string of the molecule is CCCC[C@H](COC(=O)C(C)C)Nc1nc(NC(=O)C(C)C)nc2c(C)cccc12. The highest BCUT2D eigenvalue weighted by Gasteiger charge is 2.18. The number of benzene rings is 1. The van der Waals surface area contributed by atoms with Crippen LogP contribution in [0.4, 0.5) is 11.8 Å². The number of unbranched alkanes of at least 4 members (excludes halogenated alkanes) is 1. The van der Waals surface area contributed by atoms with E-state index in [-0.39, 0.29) is 42.3 Å². The Bertz CT molecular complexity index is 880. The Balaban J connectivity index is 2.36. The van der Waals surface area contributed by atoms with Crippen LogP contribution in [0, 0.1) is 18.8 Å². The number of fused-ring (bicyclic) bond motifs is 1. The Hall–Kier alpha value is -2.70. The normalized spacial score (nSPS) is 12.3. The lowest BCUT2D eigenvalue weighted by Crippen LogP contribution is -2.29. The third-order valence-electron chi connectivity index (χ3n) is 4.83. The number of hydrogen-bond donors (Lipinski definition) is 2. The van der Waals surface area contributed by atoms with Gasteiger partial charge in [0, 0.05) is 11.3 Å². The molecule has 0 saturated carbocycles. The number of esters is 1. The number of anilines is 2. The third-order valence-corrected chi connectivity index (χ3v) is 4.83. The first-order valence-corrected chi connectivity index (χ1v) is 10.7. The monoisotopic (exact) mass is 414 g/mol. The molecule has 30 heavy (non-hydrogen) atoms. The van der Waals surface area contributed by atoms with E-state index in [9.17, 15) is 9.59 Å². The van der Waals surface area contributed by atoms with Gasteiger partial charge in [-0.3, -0.25) is 14.9 Å². The summed E-state index contributed by atoms with van der Waals surface area (Å²) in [6.07, 6.45) is 2.87. The smallest absolute Gasteiger partial charge is 0.308 e. The molecule has 0 aliphatic heterocycles. The van der Waals surface area contributed by atoms with Crippen molar-refractivity contribution >= 4 is 34.5 Å². The molecule has 0 bridgehead atoms. The maximum atomic E-state index is 12.2. The molecule has 0 aliphatic rings. The van der Waals surface area contributed by atoms with E-state index in [0.29, 0.717) is 5.82 Å². The zero-order chi connectivity index (χ0) is 22.3. The second-order valence-corrected chi connectivity index (χ2v) is 8.28.